The van der Waals surface area contributed by atoms with Gasteiger partial charge in [0.2, 0.25) is 0 Å². The Morgan fingerprint density at radius 2 is 2.07 bits per heavy atom. The second-order valence-corrected chi connectivity index (χ2v) is 3.12. The maximum Gasteiger partial charge on any atom is 0.174 e. The van der Waals surface area contributed by atoms with Crippen LogP contribution >= 0.6 is 0 Å². The minimum Gasteiger partial charge on any atom is -0.393 e. The maximum absolute atomic E-state index is 11.8. The van der Waals surface area contributed by atoms with Crippen molar-refractivity contribution in [1.29, 1.82) is 0 Å². The quantitative estimate of drug-likeness (QED) is 0.352. The van der Waals surface area contributed by atoms with Crippen LogP contribution in [0.15, 0.2) is 35.4 Å². The first-order valence-electron chi connectivity index (χ1n) is 4.48. The van der Waals surface area contributed by atoms with Crippen LogP contribution < -0.4 is 0 Å². The molecule has 0 radical (unpaired) electrons. The Kier molecular flexibility index (Phi) is 3.85. The molecule has 15 heavy (non-hydrogen) atoms. The third-order valence-electron chi connectivity index (χ3n) is 1.96. The van der Waals surface area contributed by atoms with Crippen molar-refractivity contribution in [1.82, 2.24) is 0 Å². The molecule has 1 N–H and O–H groups in total. The highest BCUT2D eigenvalue weighted by Crippen LogP contribution is 2.09. The van der Waals surface area contributed by atoms with Crippen molar-refractivity contribution in [3.8, 4) is 0 Å². The SMILES string of the molecule is C[C@@H](O)[C@@H](N=[N+]=[N-])C(=O)c1ccccc1. The number of azide groups is 1. The Bertz CT molecular complexity index is 383. The highest BCUT2D eigenvalue weighted by Gasteiger charge is 2.23. The summed E-state index contributed by atoms with van der Waals surface area (Å²) in [6.07, 6.45) is -0.992. The van der Waals surface area contributed by atoms with E-state index in [1.54, 1.807) is 30.3 Å². The number of ketones is 1. The lowest BCUT2D eigenvalue weighted by molar-refractivity contribution is 0.0848. The van der Waals surface area contributed by atoms with Crippen molar-refractivity contribution in [2.45, 2.75) is 19.1 Å². The van der Waals surface area contributed by atoms with Gasteiger partial charge in [-0.2, -0.15) is 0 Å². The van der Waals surface area contributed by atoms with Gasteiger partial charge in [-0.15, -0.1) is 0 Å². The number of hydrogen-bond acceptors (Lipinski definition) is 3. The largest absolute Gasteiger partial charge is 0.393 e. The number of rotatable bonds is 4. The van der Waals surface area contributed by atoms with Crippen LogP contribution in [-0.4, -0.2) is 23.0 Å². The number of carbonyl (C=O) groups is 1. The van der Waals surface area contributed by atoms with Crippen LogP contribution in [0.25, 0.3) is 10.4 Å². The van der Waals surface area contributed by atoms with Gasteiger partial charge < -0.3 is 5.11 Å². The van der Waals surface area contributed by atoms with E-state index in [1.807, 2.05) is 0 Å². The van der Waals surface area contributed by atoms with Crippen LogP contribution in [0.1, 0.15) is 17.3 Å². The molecule has 0 aliphatic heterocycles. The molecule has 5 heteroatoms. The lowest BCUT2D eigenvalue weighted by atomic mass is 10.0. The number of aliphatic hydroxyl groups excluding tert-OH is 1. The summed E-state index contributed by atoms with van der Waals surface area (Å²) in [6, 6.07) is 7.37. The van der Waals surface area contributed by atoms with Crippen LogP contribution in [0.4, 0.5) is 0 Å². The van der Waals surface area contributed by atoms with Gasteiger partial charge in [0.1, 0.15) is 6.04 Å². The van der Waals surface area contributed by atoms with Crippen LogP contribution in [0, 0.1) is 0 Å². The minimum atomic E-state index is -1.06. The van der Waals surface area contributed by atoms with Gasteiger partial charge in [-0.05, 0) is 12.5 Å². The average Bonchev–Trinajstić information content (AvgIpc) is 2.26. The lowest BCUT2D eigenvalue weighted by Crippen LogP contribution is -2.29. The molecular formula is C10H11N3O2. The molecule has 2 atom stereocenters. The molecule has 0 aromatic heterocycles. The van der Waals surface area contributed by atoms with Gasteiger partial charge in [0.05, 0.1) is 6.10 Å². The number of aliphatic hydroxyl groups is 1. The van der Waals surface area contributed by atoms with Crippen molar-refractivity contribution in [3.05, 3.63) is 46.3 Å². The fraction of sp³-hybridized carbons (Fsp3) is 0.300. The topological polar surface area (TPSA) is 86.1 Å². The van der Waals surface area contributed by atoms with Crippen LogP contribution in [0.5, 0.6) is 0 Å². The summed E-state index contributed by atoms with van der Waals surface area (Å²) in [6.45, 7) is 1.42. The molecule has 0 saturated carbocycles. The molecule has 0 unspecified atom stereocenters. The van der Waals surface area contributed by atoms with Crippen molar-refractivity contribution < 1.29 is 9.90 Å². The van der Waals surface area contributed by atoms with Crippen molar-refractivity contribution in [2.24, 2.45) is 5.11 Å². The number of benzene rings is 1. The number of hydrogen-bond donors (Lipinski definition) is 1. The number of carbonyl (C=O) groups excluding carboxylic acids is 1. The summed E-state index contributed by atoms with van der Waals surface area (Å²) in [4.78, 5) is 14.3. The van der Waals surface area contributed by atoms with Gasteiger partial charge in [0.25, 0.3) is 0 Å². The van der Waals surface area contributed by atoms with E-state index in [2.05, 4.69) is 10.0 Å². The predicted molar refractivity (Wildman–Crippen MR) is 55.4 cm³/mol. The molecule has 1 rings (SSSR count). The monoisotopic (exact) mass is 205 g/mol. The third-order valence-corrected chi connectivity index (χ3v) is 1.96. The first-order valence-corrected chi connectivity index (χ1v) is 4.48. The van der Waals surface area contributed by atoms with E-state index in [0.29, 0.717) is 5.56 Å². The molecule has 1 aromatic rings. The van der Waals surface area contributed by atoms with Gasteiger partial charge >= 0.3 is 0 Å². The molecule has 1 aromatic carbocycles. The summed E-state index contributed by atoms with van der Waals surface area (Å²) in [7, 11) is 0. The predicted octanol–water partition coefficient (Wildman–Crippen LogP) is 1.93. The summed E-state index contributed by atoms with van der Waals surface area (Å²) in [5, 5.41) is 12.6. The maximum atomic E-state index is 11.8. The van der Waals surface area contributed by atoms with Crippen LogP contribution in [0.2, 0.25) is 0 Å². The molecule has 0 saturated heterocycles. The minimum absolute atomic E-state index is 0.372. The lowest BCUT2D eigenvalue weighted by Gasteiger charge is -2.12. The number of Topliss-reactive ketones (excluding diaryl/α,β-unsaturated/α-hetero) is 1. The molecule has 0 aliphatic rings. The first-order chi connectivity index (χ1) is 7.16. The highest BCUT2D eigenvalue weighted by atomic mass is 16.3. The van der Waals surface area contributed by atoms with Crippen molar-refractivity contribution in [2.75, 3.05) is 0 Å². The fourth-order valence-corrected chi connectivity index (χ4v) is 1.20. The molecule has 0 aliphatic carbocycles. The highest BCUT2D eigenvalue weighted by molar-refractivity contribution is 6.00. The molecular weight excluding hydrogens is 194 g/mol. The molecule has 0 heterocycles. The van der Waals surface area contributed by atoms with Gasteiger partial charge in [0.15, 0.2) is 5.78 Å². The zero-order valence-corrected chi connectivity index (χ0v) is 8.24. The van der Waals surface area contributed by atoms with Crippen molar-refractivity contribution >= 4 is 5.78 Å². The Hall–Kier alpha value is -1.84. The Balaban J connectivity index is 2.96. The standard InChI is InChI=1S/C10H11N3O2/c1-7(14)9(12-13-11)10(15)8-5-3-2-4-6-8/h2-7,9,14H,1H3/t7-,9-/m1/s1. The first kappa shape index (κ1) is 11.2. The van der Waals surface area contributed by atoms with Crippen LogP contribution in [0.3, 0.4) is 0 Å². The second kappa shape index (κ2) is 5.14. The zero-order chi connectivity index (χ0) is 11.3. The fourth-order valence-electron chi connectivity index (χ4n) is 1.20. The van der Waals surface area contributed by atoms with E-state index in [9.17, 15) is 9.90 Å². The smallest absolute Gasteiger partial charge is 0.174 e. The van der Waals surface area contributed by atoms with Gasteiger partial charge in [0, 0.05) is 10.5 Å². The molecule has 0 spiro atoms. The summed E-state index contributed by atoms with van der Waals surface area (Å²) >= 11 is 0. The van der Waals surface area contributed by atoms with Gasteiger partial charge in [-0.1, -0.05) is 35.4 Å². The van der Waals surface area contributed by atoms with E-state index in [0.717, 1.165) is 0 Å². The van der Waals surface area contributed by atoms with E-state index < -0.39 is 12.1 Å². The summed E-state index contributed by atoms with van der Waals surface area (Å²) in [5.74, 6) is -0.372. The summed E-state index contributed by atoms with van der Waals surface area (Å²) < 4.78 is 0. The molecule has 5 nitrogen and oxygen atoms in total. The van der Waals surface area contributed by atoms with E-state index >= 15 is 0 Å². The Morgan fingerprint density at radius 3 is 2.53 bits per heavy atom. The van der Waals surface area contributed by atoms with Crippen molar-refractivity contribution in [3.63, 3.8) is 0 Å². The average molecular weight is 205 g/mol. The summed E-state index contributed by atoms with van der Waals surface area (Å²) in [5.41, 5.74) is 8.70. The Labute approximate surface area is 87.0 Å². The third kappa shape index (κ3) is 2.80. The zero-order valence-electron chi connectivity index (χ0n) is 8.24. The van der Waals surface area contributed by atoms with E-state index in [1.165, 1.54) is 6.92 Å². The molecule has 0 fully saturated rings. The Morgan fingerprint density at radius 1 is 1.47 bits per heavy atom. The molecule has 0 amide bonds. The van der Waals surface area contributed by atoms with E-state index in [4.69, 9.17) is 5.53 Å². The van der Waals surface area contributed by atoms with E-state index in [-0.39, 0.29) is 5.78 Å². The second-order valence-electron chi connectivity index (χ2n) is 3.12. The van der Waals surface area contributed by atoms with Gasteiger partial charge in [-0.3, -0.25) is 4.79 Å². The molecule has 78 valence electrons. The number of nitrogens with zero attached hydrogens (tertiary/aromatic N) is 3. The van der Waals surface area contributed by atoms with Gasteiger partial charge in [-0.25, -0.2) is 0 Å². The molecule has 0 bridgehead atoms. The van der Waals surface area contributed by atoms with Crippen LogP contribution in [-0.2, 0) is 0 Å². The normalized spacial score (nSPS) is 13.7.